The van der Waals surface area contributed by atoms with Gasteiger partial charge in [-0.1, -0.05) is 113 Å². The highest BCUT2D eigenvalue weighted by Crippen LogP contribution is 2.41. The first-order valence-corrected chi connectivity index (χ1v) is 18.5. The number of oxazole rings is 2. The van der Waals surface area contributed by atoms with E-state index in [9.17, 15) is 19.8 Å². The van der Waals surface area contributed by atoms with E-state index in [2.05, 4.69) is 22.1 Å². The summed E-state index contributed by atoms with van der Waals surface area (Å²) in [5, 5.41) is 21.8. The Bertz CT molecular complexity index is 1700. The van der Waals surface area contributed by atoms with Crippen LogP contribution in [-0.4, -0.2) is 68.7 Å². The molecular weight excluding hydrogens is 688 g/mol. The summed E-state index contributed by atoms with van der Waals surface area (Å²) in [5.41, 5.74) is -1.55. The second-order valence-electron chi connectivity index (χ2n) is 15.0. The van der Waals surface area contributed by atoms with Crippen molar-refractivity contribution in [2.45, 2.75) is 97.4 Å². The van der Waals surface area contributed by atoms with Gasteiger partial charge in [0.2, 0.25) is 11.8 Å². The first kappa shape index (κ1) is 40.3. The lowest BCUT2D eigenvalue weighted by atomic mass is 9.79. The Morgan fingerprint density at radius 3 is 1.67 bits per heavy atom. The van der Waals surface area contributed by atoms with Gasteiger partial charge in [-0.3, -0.25) is 0 Å². The van der Waals surface area contributed by atoms with Gasteiger partial charge in [-0.05, 0) is 32.1 Å². The van der Waals surface area contributed by atoms with Crippen LogP contribution in [0.2, 0.25) is 0 Å². The molecule has 11 heteroatoms. The summed E-state index contributed by atoms with van der Waals surface area (Å²) in [7, 11) is 0. The quantitative estimate of drug-likeness (QED) is 0.169. The van der Waals surface area contributed by atoms with Gasteiger partial charge in [0.15, 0.2) is 11.4 Å². The smallest absolute Gasteiger partial charge is 0.360 e. The third kappa shape index (κ3) is 10.6. The van der Waals surface area contributed by atoms with Crippen molar-refractivity contribution in [2.24, 2.45) is 22.7 Å². The minimum Gasteiger partial charge on any atom is -0.457 e. The molecule has 54 heavy (non-hydrogen) atoms. The summed E-state index contributed by atoms with van der Waals surface area (Å²) in [6.07, 6.45) is 30.2. The highest BCUT2D eigenvalue weighted by atomic mass is 16.6. The van der Waals surface area contributed by atoms with Gasteiger partial charge >= 0.3 is 11.9 Å². The number of hydrogen-bond acceptors (Lipinski definition) is 11. The summed E-state index contributed by atoms with van der Waals surface area (Å²) in [6.45, 7) is 11.1. The van der Waals surface area contributed by atoms with Crippen LogP contribution in [0.1, 0.15) is 93.6 Å². The molecule has 0 radical (unpaired) electrons. The first-order valence-electron chi connectivity index (χ1n) is 18.5. The van der Waals surface area contributed by atoms with Crippen LogP contribution in [0.25, 0.3) is 12.2 Å². The lowest BCUT2D eigenvalue weighted by Gasteiger charge is -2.36. The summed E-state index contributed by atoms with van der Waals surface area (Å²) in [5.74, 6) is -0.129. The monoisotopic (exact) mass is 740 g/mol. The Hall–Kier alpha value is -4.84. The molecule has 2 aromatic heterocycles. The Balaban J connectivity index is 1.35. The molecule has 1 saturated heterocycles. The van der Waals surface area contributed by atoms with Gasteiger partial charge in [0.25, 0.3) is 0 Å². The molecule has 2 fully saturated rings. The molecule has 0 aromatic carbocycles. The molecule has 3 aliphatic rings. The maximum atomic E-state index is 13.2. The van der Waals surface area contributed by atoms with Crippen LogP contribution >= 0.6 is 0 Å². The largest absolute Gasteiger partial charge is 0.457 e. The van der Waals surface area contributed by atoms with Gasteiger partial charge in [0.1, 0.15) is 36.9 Å². The average Bonchev–Trinajstić information content (AvgIpc) is 3.93. The fraction of sp³-hybridized carbons (Fsp3) is 0.442. The van der Waals surface area contributed by atoms with Crippen molar-refractivity contribution in [3.05, 3.63) is 121 Å². The summed E-state index contributed by atoms with van der Waals surface area (Å²) in [6, 6.07) is 0. The third-order valence-electron chi connectivity index (χ3n) is 10.1. The van der Waals surface area contributed by atoms with E-state index in [0.717, 1.165) is 6.42 Å². The third-order valence-corrected chi connectivity index (χ3v) is 10.1. The Kier molecular flexibility index (Phi) is 13.4. The maximum Gasteiger partial charge on any atom is 0.360 e. The maximum absolute atomic E-state index is 13.2. The van der Waals surface area contributed by atoms with Crippen LogP contribution < -0.4 is 0 Å². The number of esters is 2. The highest BCUT2D eigenvalue weighted by molar-refractivity contribution is 5.87. The number of fused-ring (bicyclic) bond motifs is 6. The van der Waals surface area contributed by atoms with Crippen LogP contribution in [0.5, 0.6) is 0 Å². The van der Waals surface area contributed by atoms with Crippen molar-refractivity contribution in [1.82, 2.24) is 9.97 Å². The number of cyclic esters (lactones) is 2. The molecule has 2 N–H and O–H groups in total. The molecule has 5 rings (SSSR count). The molecule has 1 saturated carbocycles. The minimum absolute atomic E-state index is 0.0335. The van der Waals surface area contributed by atoms with Crippen molar-refractivity contribution in [3.63, 3.8) is 0 Å². The lowest BCUT2D eigenvalue weighted by molar-refractivity contribution is -0.0461. The zero-order valence-electron chi connectivity index (χ0n) is 31.8. The zero-order chi connectivity index (χ0) is 38.9. The number of aliphatic hydroxyl groups is 2. The van der Waals surface area contributed by atoms with Crippen molar-refractivity contribution >= 4 is 24.1 Å². The number of allylic oxidation sites excluding steroid dienone is 8. The molecule has 0 amide bonds. The molecule has 11 nitrogen and oxygen atoms in total. The second-order valence-corrected chi connectivity index (χ2v) is 15.0. The zero-order valence-corrected chi connectivity index (χ0v) is 31.8. The summed E-state index contributed by atoms with van der Waals surface area (Å²) >= 11 is 0. The van der Waals surface area contributed by atoms with E-state index in [-0.39, 0.29) is 35.4 Å². The van der Waals surface area contributed by atoms with Crippen LogP contribution in [-0.2, 0) is 14.2 Å². The van der Waals surface area contributed by atoms with Crippen molar-refractivity contribution in [3.8, 4) is 0 Å². The van der Waals surface area contributed by atoms with Crippen LogP contribution in [0.4, 0.5) is 0 Å². The van der Waals surface area contributed by atoms with Gasteiger partial charge in [-0.2, -0.15) is 0 Å². The van der Waals surface area contributed by atoms with Crippen LogP contribution in [0.3, 0.4) is 0 Å². The van der Waals surface area contributed by atoms with Crippen molar-refractivity contribution < 1.29 is 42.8 Å². The van der Waals surface area contributed by atoms with E-state index in [4.69, 9.17) is 23.0 Å². The molecule has 2 aliphatic heterocycles. The lowest BCUT2D eigenvalue weighted by Crippen LogP contribution is -2.42. The Morgan fingerprint density at radius 1 is 0.685 bits per heavy atom. The number of nitrogens with zero attached hydrogens (tertiary/aromatic N) is 2. The number of ether oxygens (including phenoxy) is 3. The summed E-state index contributed by atoms with van der Waals surface area (Å²) in [4.78, 5) is 35.1. The number of hydrogen-bond donors (Lipinski definition) is 2. The number of epoxide rings is 1. The van der Waals surface area contributed by atoms with E-state index < -0.39 is 47.2 Å². The fourth-order valence-electron chi connectivity index (χ4n) is 6.04. The molecule has 0 unspecified atom stereocenters. The normalized spacial score (nSPS) is 30.5. The molecule has 0 spiro atoms. The Morgan fingerprint density at radius 2 is 1.15 bits per heavy atom. The molecular formula is C43H52N2O9. The van der Waals surface area contributed by atoms with E-state index in [1.54, 1.807) is 54.7 Å². The van der Waals surface area contributed by atoms with E-state index in [1.165, 1.54) is 12.5 Å². The number of rotatable bonds is 6. The van der Waals surface area contributed by atoms with Crippen LogP contribution in [0.15, 0.2) is 106 Å². The van der Waals surface area contributed by atoms with E-state index in [0.29, 0.717) is 24.7 Å². The highest BCUT2D eigenvalue weighted by Gasteiger charge is 2.40. The predicted octanol–water partition coefficient (Wildman–Crippen LogP) is 7.79. The van der Waals surface area contributed by atoms with Crippen molar-refractivity contribution in [1.29, 1.82) is 0 Å². The van der Waals surface area contributed by atoms with Gasteiger partial charge in [0, 0.05) is 35.8 Å². The minimum atomic E-state index is -0.864. The fourth-order valence-corrected chi connectivity index (χ4v) is 6.04. The average molecular weight is 741 g/mol. The van der Waals surface area contributed by atoms with E-state index >= 15 is 0 Å². The summed E-state index contributed by atoms with van der Waals surface area (Å²) < 4.78 is 28.7. The molecule has 8 atom stereocenters. The topological polar surface area (TPSA) is 158 Å². The molecule has 1 aliphatic carbocycles. The second kappa shape index (κ2) is 18.0. The van der Waals surface area contributed by atoms with Gasteiger partial charge in [-0.25, -0.2) is 19.6 Å². The molecule has 4 heterocycles. The van der Waals surface area contributed by atoms with Crippen LogP contribution in [0, 0.1) is 22.7 Å². The number of aromatic nitrogens is 2. The van der Waals surface area contributed by atoms with E-state index in [1.807, 2.05) is 71.9 Å². The predicted molar refractivity (Wildman–Crippen MR) is 205 cm³/mol. The SMILES string of the molecule is C/C=C/[C@H](O)C(C)(C)[C@@H]1C/C=C\[C@H]2O[C@H]2/C=C/C=C\c2nc(co2)C(=O)O[C@H](C(C)(C)[C@@H](O)/C=C/C)C/C=C\[C@H]2C[C@H]2/C=C/C=C\c2nc(co2)C(=O)O1. The number of aliphatic hydroxyl groups excluding tert-OH is 2. The molecule has 4 bridgehead atoms. The molecule has 2 aromatic rings. The first-order chi connectivity index (χ1) is 25.8. The van der Waals surface area contributed by atoms with Gasteiger partial charge in [-0.15, -0.1) is 0 Å². The van der Waals surface area contributed by atoms with Crippen molar-refractivity contribution in [2.75, 3.05) is 0 Å². The number of carbonyl (C=O) groups is 2. The van der Waals surface area contributed by atoms with Gasteiger partial charge in [0.05, 0.1) is 12.2 Å². The Labute approximate surface area is 317 Å². The van der Waals surface area contributed by atoms with Gasteiger partial charge < -0.3 is 33.3 Å². The molecule has 288 valence electrons. The standard InChI is InChI=1S/C43H52N2O9/c1-7-15-34(46)42(3,4)36-21-13-18-29-25-28(29)17-9-11-23-38-44-31(26-50-38)41(49)54-37(43(5,6)35(47)16-8-2)22-14-20-33-32(52-33)19-10-12-24-39-45-30(27-51-39)40(48)53-36/h7-20,23-24,26-29,32-37,46-47H,21-22,25H2,1-6H3/b15-7+,16-8+,17-9+,18-13-,19-10+,20-14-,23-11-,24-12-/t28-,29+,32+,33-,34+,35+,36+,37+/m1/s1. The number of carbonyl (C=O) groups excluding carboxylic acids is 2.